The van der Waals surface area contributed by atoms with Crippen molar-refractivity contribution in [2.75, 3.05) is 7.05 Å². The lowest BCUT2D eigenvalue weighted by molar-refractivity contribution is 0.463. The molecule has 18 heavy (non-hydrogen) atoms. The van der Waals surface area contributed by atoms with Crippen molar-refractivity contribution in [1.29, 1.82) is 0 Å². The fourth-order valence-electron chi connectivity index (χ4n) is 1.99. The highest BCUT2D eigenvalue weighted by atomic mass is 32.1. The Morgan fingerprint density at radius 2 is 1.94 bits per heavy atom. The number of aryl methyl sites for hydroxylation is 1. The highest BCUT2D eigenvalue weighted by Gasteiger charge is 2.22. The van der Waals surface area contributed by atoms with E-state index in [1.807, 2.05) is 24.5 Å². The van der Waals surface area contributed by atoms with Crippen molar-refractivity contribution >= 4 is 11.3 Å². The average Bonchev–Trinajstić information content (AvgIpc) is 2.89. The van der Waals surface area contributed by atoms with Crippen LogP contribution < -0.4 is 5.32 Å². The van der Waals surface area contributed by atoms with Gasteiger partial charge in [-0.3, -0.25) is 0 Å². The fraction of sp³-hybridized carbons (Fsp3) is 0.467. The summed E-state index contributed by atoms with van der Waals surface area (Å²) in [5.74, 6) is 1.01. The molecule has 0 amide bonds. The van der Waals surface area contributed by atoms with Gasteiger partial charge >= 0.3 is 0 Å². The predicted octanol–water partition coefficient (Wildman–Crippen LogP) is 4.26. The number of furan rings is 1. The van der Waals surface area contributed by atoms with Crippen LogP contribution in [0.3, 0.4) is 0 Å². The van der Waals surface area contributed by atoms with E-state index in [2.05, 4.69) is 45.1 Å². The first-order chi connectivity index (χ1) is 8.43. The molecule has 0 saturated heterocycles. The third-order valence-electron chi connectivity index (χ3n) is 3.10. The minimum absolute atomic E-state index is 0.154. The Labute approximate surface area is 113 Å². The van der Waals surface area contributed by atoms with Crippen LogP contribution in [0.2, 0.25) is 0 Å². The maximum atomic E-state index is 5.61. The van der Waals surface area contributed by atoms with Crippen LogP contribution in [0.4, 0.5) is 0 Å². The van der Waals surface area contributed by atoms with E-state index < -0.39 is 0 Å². The molecule has 0 aliphatic rings. The summed E-state index contributed by atoms with van der Waals surface area (Å²) in [6, 6.07) is 6.59. The Morgan fingerprint density at radius 3 is 2.39 bits per heavy atom. The van der Waals surface area contributed by atoms with Gasteiger partial charge in [0.15, 0.2) is 0 Å². The highest BCUT2D eigenvalue weighted by molar-refractivity contribution is 7.12. The zero-order valence-corrected chi connectivity index (χ0v) is 12.5. The van der Waals surface area contributed by atoms with Gasteiger partial charge in [0.2, 0.25) is 0 Å². The number of nitrogens with one attached hydrogen (secondary N) is 1. The first-order valence-electron chi connectivity index (χ1n) is 6.25. The van der Waals surface area contributed by atoms with E-state index in [-0.39, 0.29) is 11.5 Å². The summed E-state index contributed by atoms with van der Waals surface area (Å²) in [7, 11) is 1.98. The van der Waals surface area contributed by atoms with Crippen LogP contribution in [0.1, 0.15) is 47.9 Å². The van der Waals surface area contributed by atoms with Gasteiger partial charge in [-0.25, -0.2) is 0 Å². The molecule has 2 aromatic heterocycles. The lowest BCUT2D eigenvalue weighted by Crippen LogP contribution is -2.16. The molecule has 0 saturated carbocycles. The Hall–Kier alpha value is -1.06. The molecule has 0 fully saturated rings. The number of rotatable bonds is 3. The first-order valence-corrected chi connectivity index (χ1v) is 7.06. The second kappa shape index (κ2) is 4.90. The summed E-state index contributed by atoms with van der Waals surface area (Å²) in [5, 5.41) is 3.34. The molecule has 1 unspecified atom stereocenters. The monoisotopic (exact) mass is 263 g/mol. The van der Waals surface area contributed by atoms with Crippen molar-refractivity contribution in [3.05, 3.63) is 45.5 Å². The van der Waals surface area contributed by atoms with Crippen molar-refractivity contribution in [2.45, 2.75) is 39.2 Å². The summed E-state index contributed by atoms with van der Waals surface area (Å²) >= 11 is 1.86. The molecule has 0 radical (unpaired) electrons. The van der Waals surface area contributed by atoms with Crippen LogP contribution in [-0.2, 0) is 5.41 Å². The molecule has 2 aromatic rings. The molecule has 0 aliphatic carbocycles. The van der Waals surface area contributed by atoms with Crippen LogP contribution in [0.25, 0.3) is 0 Å². The molecule has 0 spiro atoms. The molecule has 1 N–H and O–H groups in total. The molecule has 98 valence electrons. The first kappa shape index (κ1) is 13.4. The van der Waals surface area contributed by atoms with Gasteiger partial charge in [-0.15, -0.1) is 11.3 Å². The summed E-state index contributed by atoms with van der Waals surface area (Å²) in [5.41, 5.74) is 1.40. The van der Waals surface area contributed by atoms with E-state index in [1.54, 1.807) is 6.26 Å². The third-order valence-corrected chi connectivity index (χ3v) is 4.68. The standard InChI is InChI=1S/C15H21NOS/c1-10-8-9-17-14(10)13(16-5)11-6-7-12(18-11)15(2,3)4/h6-9,13,16H,1-5H3. The van der Waals surface area contributed by atoms with Crippen LogP contribution in [0.5, 0.6) is 0 Å². The van der Waals surface area contributed by atoms with Gasteiger partial charge < -0.3 is 9.73 Å². The smallest absolute Gasteiger partial charge is 0.128 e. The quantitative estimate of drug-likeness (QED) is 0.895. The molecular weight excluding hydrogens is 242 g/mol. The second-order valence-electron chi connectivity index (χ2n) is 5.64. The SMILES string of the molecule is CNC(c1ccc(C(C)(C)C)s1)c1occc1C. The van der Waals surface area contributed by atoms with E-state index in [0.29, 0.717) is 0 Å². The van der Waals surface area contributed by atoms with E-state index in [4.69, 9.17) is 4.42 Å². The van der Waals surface area contributed by atoms with E-state index in [9.17, 15) is 0 Å². The summed E-state index contributed by atoms with van der Waals surface area (Å²) in [4.78, 5) is 2.71. The number of thiophene rings is 1. The molecule has 2 rings (SSSR count). The van der Waals surface area contributed by atoms with Crippen molar-refractivity contribution in [3.8, 4) is 0 Å². The van der Waals surface area contributed by atoms with Gasteiger partial charge in [0.05, 0.1) is 6.26 Å². The largest absolute Gasteiger partial charge is 0.467 e. The van der Waals surface area contributed by atoms with Crippen LogP contribution in [0, 0.1) is 6.92 Å². The maximum Gasteiger partial charge on any atom is 0.128 e. The zero-order chi connectivity index (χ0) is 13.3. The van der Waals surface area contributed by atoms with Crippen molar-refractivity contribution in [1.82, 2.24) is 5.32 Å². The summed E-state index contributed by atoms with van der Waals surface area (Å²) in [6.07, 6.45) is 1.76. The number of hydrogen-bond donors (Lipinski definition) is 1. The summed E-state index contributed by atoms with van der Waals surface area (Å²) in [6.45, 7) is 8.82. The van der Waals surface area contributed by atoms with Crippen molar-refractivity contribution in [3.63, 3.8) is 0 Å². The Kier molecular flexibility index (Phi) is 3.64. The predicted molar refractivity (Wildman–Crippen MR) is 77.4 cm³/mol. The van der Waals surface area contributed by atoms with Crippen molar-refractivity contribution < 1.29 is 4.42 Å². The maximum absolute atomic E-state index is 5.61. The Morgan fingerprint density at radius 1 is 1.22 bits per heavy atom. The lowest BCUT2D eigenvalue weighted by Gasteiger charge is -2.16. The fourth-order valence-corrected chi connectivity index (χ4v) is 3.17. The third kappa shape index (κ3) is 2.52. The van der Waals surface area contributed by atoms with Gasteiger partial charge in [0, 0.05) is 9.75 Å². The van der Waals surface area contributed by atoms with Gasteiger partial charge in [0.1, 0.15) is 11.8 Å². The van der Waals surface area contributed by atoms with Gasteiger partial charge in [-0.1, -0.05) is 20.8 Å². The van der Waals surface area contributed by atoms with E-state index in [1.165, 1.54) is 15.3 Å². The van der Waals surface area contributed by atoms with E-state index >= 15 is 0 Å². The Balaban J connectivity index is 2.35. The highest BCUT2D eigenvalue weighted by Crippen LogP contribution is 2.35. The van der Waals surface area contributed by atoms with E-state index in [0.717, 1.165) is 5.76 Å². The van der Waals surface area contributed by atoms with Crippen LogP contribution in [-0.4, -0.2) is 7.05 Å². The molecule has 0 aromatic carbocycles. The molecule has 1 atom stereocenters. The Bertz CT molecular complexity index is 519. The number of hydrogen-bond acceptors (Lipinski definition) is 3. The zero-order valence-electron chi connectivity index (χ0n) is 11.7. The summed E-state index contributed by atoms with van der Waals surface area (Å²) < 4.78 is 5.61. The molecule has 0 aliphatic heterocycles. The van der Waals surface area contributed by atoms with Crippen molar-refractivity contribution in [2.24, 2.45) is 0 Å². The van der Waals surface area contributed by atoms with Gasteiger partial charge in [0.25, 0.3) is 0 Å². The molecule has 2 heterocycles. The molecule has 2 nitrogen and oxygen atoms in total. The van der Waals surface area contributed by atoms with Crippen LogP contribution >= 0.6 is 11.3 Å². The van der Waals surface area contributed by atoms with Gasteiger partial charge in [-0.2, -0.15) is 0 Å². The molecule has 3 heteroatoms. The normalized spacial score (nSPS) is 13.8. The minimum atomic E-state index is 0.154. The lowest BCUT2D eigenvalue weighted by atomic mass is 9.95. The second-order valence-corrected chi connectivity index (χ2v) is 6.76. The topological polar surface area (TPSA) is 25.2 Å². The average molecular weight is 263 g/mol. The molecule has 0 bridgehead atoms. The minimum Gasteiger partial charge on any atom is -0.467 e. The van der Waals surface area contributed by atoms with Crippen LogP contribution in [0.15, 0.2) is 28.9 Å². The van der Waals surface area contributed by atoms with Gasteiger partial charge in [-0.05, 0) is 43.1 Å². The molecular formula is C15H21NOS.